The Labute approximate surface area is 67.2 Å². The molecule has 0 saturated heterocycles. The standard InChI is InChI=1S/C9H16O2/c1-9(11)7-4-2-3-6(7)8(9)5-10/h6-8,10-11H,2-5H2,1H3/t6-,7+,8+,9-/m0/s1. The van der Waals surface area contributed by atoms with Gasteiger partial charge in [-0.3, -0.25) is 0 Å². The Kier molecular flexibility index (Phi) is 1.52. The fourth-order valence-corrected chi connectivity index (χ4v) is 3.11. The van der Waals surface area contributed by atoms with Crippen LogP contribution in [0.25, 0.3) is 0 Å². The van der Waals surface area contributed by atoms with Crippen LogP contribution in [0.3, 0.4) is 0 Å². The zero-order chi connectivity index (χ0) is 8.06. The second-order valence-electron chi connectivity index (χ2n) is 4.22. The van der Waals surface area contributed by atoms with Crippen LogP contribution >= 0.6 is 0 Å². The summed E-state index contributed by atoms with van der Waals surface area (Å²) in [6.07, 6.45) is 3.61. The lowest BCUT2D eigenvalue weighted by Gasteiger charge is -2.53. The molecule has 0 aromatic rings. The van der Waals surface area contributed by atoms with Crippen LogP contribution < -0.4 is 0 Å². The summed E-state index contributed by atoms with van der Waals surface area (Å²) in [5, 5.41) is 18.9. The number of hydrogen-bond donors (Lipinski definition) is 2. The van der Waals surface area contributed by atoms with Crippen LogP contribution in [0.1, 0.15) is 26.2 Å². The van der Waals surface area contributed by atoms with Gasteiger partial charge in [-0.25, -0.2) is 0 Å². The summed E-state index contributed by atoms with van der Waals surface area (Å²) in [6.45, 7) is 2.04. The number of fused-ring (bicyclic) bond motifs is 1. The van der Waals surface area contributed by atoms with Crippen molar-refractivity contribution in [2.45, 2.75) is 31.8 Å². The van der Waals surface area contributed by atoms with Gasteiger partial charge in [-0.15, -0.1) is 0 Å². The first-order chi connectivity index (χ1) is 5.18. The first kappa shape index (κ1) is 7.56. The Morgan fingerprint density at radius 2 is 2.18 bits per heavy atom. The summed E-state index contributed by atoms with van der Waals surface area (Å²) < 4.78 is 0. The fraction of sp³-hybridized carbons (Fsp3) is 1.00. The smallest absolute Gasteiger partial charge is 0.0703 e. The number of aliphatic hydroxyl groups is 2. The average molecular weight is 156 g/mol. The highest BCUT2D eigenvalue weighted by Crippen LogP contribution is 2.57. The van der Waals surface area contributed by atoms with Gasteiger partial charge in [0.2, 0.25) is 0 Å². The molecule has 0 spiro atoms. The van der Waals surface area contributed by atoms with Crippen LogP contribution in [0.4, 0.5) is 0 Å². The molecule has 2 heteroatoms. The van der Waals surface area contributed by atoms with E-state index < -0.39 is 5.60 Å². The molecule has 64 valence electrons. The molecule has 0 unspecified atom stereocenters. The van der Waals surface area contributed by atoms with Crippen molar-refractivity contribution in [2.24, 2.45) is 17.8 Å². The second-order valence-corrected chi connectivity index (χ2v) is 4.22. The molecule has 0 aromatic carbocycles. The quantitative estimate of drug-likeness (QED) is 0.589. The monoisotopic (exact) mass is 156 g/mol. The number of hydrogen-bond acceptors (Lipinski definition) is 2. The van der Waals surface area contributed by atoms with E-state index in [0.717, 1.165) is 6.42 Å². The Morgan fingerprint density at radius 1 is 1.45 bits per heavy atom. The zero-order valence-corrected chi connectivity index (χ0v) is 6.95. The van der Waals surface area contributed by atoms with Crippen LogP contribution in [0.2, 0.25) is 0 Å². The minimum Gasteiger partial charge on any atom is -0.396 e. The normalized spacial score (nSPS) is 55.4. The Balaban J connectivity index is 2.12. The molecule has 4 atom stereocenters. The Morgan fingerprint density at radius 3 is 2.82 bits per heavy atom. The van der Waals surface area contributed by atoms with E-state index in [9.17, 15) is 5.11 Å². The Bertz CT molecular complexity index is 165. The molecule has 2 nitrogen and oxygen atoms in total. The third kappa shape index (κ3) is 0.798. The van der Waals surface area contributed by atoms with Crippen molar-refractivity contribution in [3.8, 4) is 0 Å². The zero-order valence-electron chi connectivity index (χ0n) is 6.95. The van der Waals surface area contributed by atoms with E-state index in [4.69, 9.17) is 5.11 Å². The minimum absolute atomic E-state index is 0.161. The highest BCUT2D eigenvalue weighted by Gasteiger charge is 2.59. The summed E-state index contributed by atoms with van der Waals surface area (Å²) in [7, 11) is 0. The van der Waals surface area contributed by atoms with Crippen molar-refractivity contribution >= 4 is 0 Å². The van der Waals surface area contributed by atoms with Crippen LogP contribution in [-0.4, -0.2) is 22.4 Å². The molecule has 11 heavy (non-hydrogen) atoms. The topological polar surface area (TPSA) is 40.5 Å². The van der Waals surface area contributed by atoms with Crippen molar-refractivity contribution in [2.75, 3.05) is 6.61 Å². The molecule has 2 saturated carbocycles. The van der Waals surface area contributed by atoms with E-state index >= 15 is 0 Å². The molecule has 0 radical (unpaired) electrons. The SMILES string of the molecule is C[C@@]1(O)[C@H](CO)[C@H]2CCC[C@H]21. The molecule has 2 aliphatic rings. The maximum Gasteiger partial charge on any atom is 0.0703 e. The van der Waals surface area contributed by atoms with Gasteiger partial charge in [-0.1, -0.05) is 6.42 Å². The van der Waals surface area contributed by atoms with E-state index in [0.29, 0.717) is 11.8 Å². The van der Waals surface area contributed by atoms with E-state index in [-0.39, 0.29) is 12.5 Å². The first-order valence-corrected chi connectivity index (χ1v) is 4.51. The van der Waals surface area contributed by atoms with Gasteiger partial charge in [0.1, 0.15) is 0 Å². The van der Waals surface area contributed by atoms with Crippen LogP contribution in [0, 0.1) is 17.8 Å². The van der Waals surface area contributed by atoms with Crippen molar-refractivity contribution in [1.29, 1.82) is 0 Å². The van der Waals surface area contributed by atoms with Gasteiger partial charge in [0.25, 0.3) is 0 Å². The fourth-order valence-electron chi connectivity index (χ4n) is 3.11. The summed E-state index contributed by atoms with van der Waals surface area (Å²) in [5.41, 5.74) is -0.560. The molecule has 0 heterocycles. The third-order valence-corrected chi connectivity index (χ3v) is 3.78. The predicted molar refractivity (Wildman–Crippen MR) is 42.0 cm³/mol. The molecule has 2 rings (SSSR count). The average Bonchev–Trinajstić information content (AvgIpc) is 2.34. The van der Waals surface area contributed by atoms with Gasteiger partial charge in [0.05, 0.1) is 5.60 Å². The van der Waals surface area contributed by atoms with Gasteiger partial charge in [0.15, 0.2) is 0 Å². The lowest BCUT2D eigenvalue weighted by Crippen LogP contribution is -2.59. The van der Waals surface area contributed by atoms with Gasteiger partial charge in [-0.05, 0) is 31.6 Å². The molecule has 2 fully saturated rings. The van der Waals surface area contributed by atoms with Gasteiger partial charge in [0, 0.05) is 12.5 Å². The number of aliphatic hydroxyl groups excluding tert-OH is 1. The minimum atomic E-state index is -0.560. The molecule has 0 aliphatic heterocycles. The highest BCUT2D eigenvalue weighted by atomic mass is 16.3. The van der Waals surface area contributed by atoms with Crippen molar-refractivity contribution in [3.05, 3.63) is 0 Å². The van der Waals surface area contributed by atoms with Crippen LogP contribution in [0.5, 0.6) is 0 Å². The summed E-state index contributed by atoms with van der Waals surface area (Å²) >= 11 is 0. The Hall–Kier alpha value is -0.0800. The van der Waals surface area contributed by atoms with Crippen LogP contribution in [-0.2, 0) is 0 Å². The van der Waals surface area contributed by atoms with Crippen molar-refractivity contribution in [3.63, 3.8) is 0 Å². The van der Waals surface area contributed by atoms with Gasteiger partial charge >= 0.3 is 0 Å². The van der Waals surface area contributed by atoms with Crippen molar-refractivity contribution in [1.82, 2.24) is 0 Å². The van der Waals surface area contributed by atoms with Gasteiger partial charge < -0.3 is 10.2 Å². The molecular weight excluding hydrogens is 140 g/mol. The lowest BCUT2D eigenvalue weighted by atomic mass is 9.56. The maximum atomic E-state index is 9.88. The third-order valence-electron chi connectivity index (χ3n) is 3.78. The second kappa shape index (κ2) is 2.20. The summed E-state index contributed by atoms with van der Waals surface area (Å²) in [6, 6.07) is 0. The highest BCUT2D eigenvalue weighted by molar-refractivity contribution is 5.08. The van der Waals surface area contributed by atoms with E-state index in [2.05, 4.69) is 0 Å². The molecule has 0 bridgehead atoms. The van der Waals surface area contributed by atoms with Crippen molar-refractivity contribution < 1.29 is 10.2 Å². The first-order valence-electron chi connectivity index (χ1n) is 4.51. The summed E-state index contributed by atoms with van der Waals surface area (Å²) in [5.74, 6) is 1.27. The van der Waals surface area contributed by atoms with E-state index in [1.807, 2.05) is 6.92 Å². The van der Waals surface area contributed by atoms with E-state index in [1.165, 1.54) is 12.8 Å². The molecule has 0 amide bonds. The molecule has 2 aliphatic carbocycles. The summed E-state index contributed by atoms with van der Waals surface area (Å²) in [4.78, 5) is 0. The molecule has 2 N–H and O–H groups in total. The number of rotatable bonds is 1. The molecular formula is C9H16O2. The lowest BCUT2D eigenvalue weighted by molar-refractivity contribution is -0.185. The molecule has 0 aromatic heterocycles. The van der Waals surface area contributed by atoms with Crippen LogP contribution in [0.15, 0.2) is 0 Å². The maximum absolute atomic E-state index is 9.88. The van der Waals surface area contributed by atoms with Gasteiger partial charge in [-0.2, -0.15) is 0 Å². The largest absolute Gasteiger partial charge is 0.396 e. The predicted octanol–water partition coefficient (Wildman–Crippen LogP) is 0.776. The van der Waals surface area contributed by atoms with E-state index in [1.54, 1.807) is 0 Å².